The normalized spacial score (nSPS) is 55.1. The third-order valence-corrected chi connectivity index (χ3v) is 13.3. The van der Waals surface area contributed by atoms with Crippen LogP contribution in [0.25, 0.3) is 0 Å². The molecular formula is C31H42O3. The van der Waals surface area contributed by atoms with Gasteiger partial charge in [0, 0.05) is 18.9 Å². The molecule has 0 amide bonds. The van der Waals surface area contributed by atoms with Gasteiger partial charge in [0.1, 0.15) is 11.4 Å². The molecule has 10 atom stereocenters. The standard InChI is InChI=1S/C31H42O3/c1-27-18-22-10-12-30(28(27,2)25(22)26-23(32)16-24(34-3)31(26,27)33)14-13-29(19-30)11-9-21(17-29)15-20-7-5-4-6-8-20/h4-8,21-22,24-26,33H,9-19H2,1-3H3/t21-,22+,24-,25-,26+,27-,28-,29+,30-,31+/m0/s1. The van der Waals surface area contributed by atoms with Gasteiger partial charge in [-0.2, -0.15) is 0 Å². The lowest BCUT2D eigenvalue weighted by atomic mass is 9.47. The van der Waals surface area contributed by atoms with Crippen LogP contribution in [-0.2, 0) is 16.0 Å². The largest absolute Gasteiger partial charge is 0.386 e. The minimum Gasteiger partial charge on any atom is -0.386 e. The van der Waals surface area contributed by atoms with Crippen molar-refractivity contribution >= 4 is 5.78 Å². The molecule has 6 aliphatic rings. The first-order chi connectivity index (χ1) is 16.2. The molecule has 6 saturated carbocycles. The average molecular weight is 463 g/mol. The van der Waals surface area contributed by atoms with E-state index in [1.807, 2.05) is 0 Å². The third-order valence-electron chi connectivity index (χ3n) is 13.3. The van der Waals surface area contributed by atoms with Crippen molar-refractivity contribution in [3.8, 4) is 0 Å². The van der Waals surface area contributed by atoms with Gasteiger partial charge in [-0.25, -0.2) is 0 Å². The van der Waals surface area contributed by atoms with Gasteiger partial charge in [0.25, 0.3) is 0 Å². The first kappa shape index (κ1) is 22.0. The summed E-state index contributed by atoms with van der Waals surface area (Å²) in [4.78, 5) is 13.4. The fraction of sp³-hybridized carbons (Fsp3) is 0.774. The molecule has 184 valence electrons. The lowest BCUT2D eigenvalue weighted by molar-refractivity contribution is -0.186. The van der Waals surface area contributed by atoms with Crippen molar-refractivity contribution in [2.75, 3.05) is 7.11 Å². The number of aliphatic hydroxyl groups is 1. The summed E-state index contributed by atoms with van der Waals surface area (Å²) in [6.45, 7) is 4.90. The van der Waals surface area contributed by atoms with Crippen LogP contribution in [0.4, 0.5) is 0 Å². The van der Waals surface area contributed by atoms with E-state index in [2.05, 4.69) is 44.2 Å². The smallest absolute Gasteiger partial charge is 0.141 e. The zero-order valence-electron chi connectivity index (χ0n) is 21.3. The number of benzene rings is 1. The molecule has 1 aromatic rings. The van der Waals surface area contributed by atoms with Gasteiger partial charge in [0.15, 0.2) is 0 Å². The second kappa shape index (κ2) is 6.76. The molecule has 6 fully saturated rings. The summed E-state index contributed by atoms with van der Waals surface area (Å²) in [5.74, 6) is 1.85. The van der Waals surface area contributed by atoms with Gasteiger partial charge in [-0.1, -0.05) is 44.2 Å². The van der Waals surface area contributed by atoms with Crippen molar-refractivity contribution in [3.05, 3.63) is 35.9 Å². The molecule has 0 saturated heterocycles. The Balaban J connectivity index is 1.22. The third kappa shape index (κ3) is 2.31. The highest BCUT2D eigenvalue weighted by atomic mass is 16.5. The summed E-state index contributed by atoms with van der Waals surface area (Å²) < 4.78 is 5.85. The van der Waals surface area contributed by atoms with E-state index in [1.54, 1.807) is 7.11 Å². The average Bonchev–Trinajstić information content (AvgIpc) is 3.54. The quantitative estimate of drug-likeness (QED) is 0.601. The second-order valence-corrected chi connectivity index (χ2v) is 14.0. The highest BCUT2D eigenvalue weighted by Gasteiger charge is 2.87. The van der Waals surface area contributed by atoms with Crippen LogP contribution in [0.15, 0.2) is 30.3 Å². The molecule has 7 rings (SSSR count). The topological polar surface area (TPSA) is 46.5 Å². The molecular weight excluding hydrogens is 420 g/mol. The van der Waals surface area contributed by atoms with Crippen molar-refractivity contribution in [1.82, 2.24) is 0 Å². The summed E-state index contributed by atoms with van der Waals surface area (Å²) in [6.07, 6.45) is 13.0. The monoisotopic (exact) mass is 462 g/mol. The molecule has 1 N–H and O–H groups in total. The van der Waals surface area contributed by atoms with Crippen LogP contribution in [0.3, 0.4) is 0 Å². The van der Waals surface area contributed by atoms with Gasteiger partial charge in [-0.05, 0) is 104 Å². The number of methoxy groups -OCH3 is 1. The molecule has 34 heavy (non-hydrogen) atoms. The number of fused-ring (bicyclic) bond motifs is 2. The Bertz CT molecular complexity index is 1020. The number of hydrogen-bond acceptors (Lipinski definition) is 3. The number of carbonyl (C=O) groups is 1. The van der Waals surface area contributed by atoms with E-state index in [0.717, 1.165) is 12.3 Å². The van der Waals surface area contributed by atoms with E-state index in [4.69, 9.17) is 4.74 Å². The Morgan fingerprint density at radius 2 is 1.82 bits per heavy atom. The maximum atomic E-state index is 13.4. The van der Waals surface area contributed by atoms with Crippen molar-refractivity contribution in [1.29, 1.82) is 0 Å². The van der Waals surface area contributed by atoms with E-state index in [9.17, 15) is 9.90 Å². The molecule has 1 aromatic carbocycles. The van der Waals surface area contributed by atoms with Gasteiger partial charge in [-0.3, -0.25) is 4.79 Å². The highest BCUT2D eigenvalue weighted by molar-refractivity contribution is 5.88. The maximum Gasteiger partial charge on any atom is 0.141 e. The van der Waals surface area contributed by atoms with Crippen molar-refractivity contribution < 1.29 is 14.6 Å². The summed E-state index contributed by atoms with van der Waals surface area (Å²) in [5.41, 5.74) is 1.08. The minimum absolute atomic E-state index is 0.0379. The molecule has 6 aliphatic carbocycles. The first-order valence-corrected chi connectivity index (χ1v) is 14.0. The molecule has 0 aliphatic heterocycles. The fourth-order valence-corrected chi connectivity index (χ4v) is 12.1. The number of carbonyl (C=O) groups excluding carboxylic acids is 1. The molecule has 4 bridgehead atoms. The maximum absolute atomic E-state index is 13.4. The zero-order valence-corrected chi connectivity index (χ0v) is 21.3. The van der Waals surface area contributed by atoms with Crippen molar-refractivity contribution in [2.45, 2.75) is 96.2 Å². The number of ether oxygens (including phenoxy) is 1. The predicted molar refractivity (Wildman–Crippen MR) is 132 cm³/mol. The lowest BCUT2D eigenvalue weighted by Crippen LogP contribution is -2.58. The molecule has 0 radical (unpaired) electrons. The summed E-state index contributed by atoms with van der Waals surface area (Å²) in [6, 6.07) is 11.1. The zero-order chi connectivity index (χ0) is 23.6. The summed E-state index contributed by atoms with van der Waals surface area (Å²) in [5, 5.41) is 12.4. The molecule has 2 spiro atoms. The van der Waals surface area contributed by atoms with Gasteiger partial charge >= 0.3 is 0 Å². The van der Waals surface area contributed by atoms with Crippen LogP contribution in [0.1, 0.15) is 83.6 Å². The molecule has 0 unspecified atom stereocenters. The molecule has 3 heteroatoms. The Labute approximate surface area is 205 Å². The van der Waals surface area contributed by atoms with Crippen LogP contribution in [0.2, 0.25) is 0 Å². The highest BCUT2D eigenvalue weighted by Crippen LogP contribution is 2.87. The van der Waals surface area contributed by atoms with Crippen LogP contribution in [0.5, 0.6) is 0 Å². The minimum atomic E-state index is -0.979. The van der Waals surface area contributed by atoms with Gasteiger partial charge in [-0.15, -0.1) is 0 Å². The SMILES string of the molecule is CO[C@H]1CC(=O)[C@@H]2[C@@H]3[C@@H]4CC[C@@]5(CC[C@@]6(CC[C@@H](Cc7ccccc7)C6)C5)[C@]3(C)[C@](C)(C4)[C@@]12O. The van der Waals surface area contributed by atoms with E-state index in [0.29, 0.717) is 23.7 Å². The predicted octanol–water partition coefficient (Wildman–Crippen LogP) is 5.98. The van der Waals surface area contributed by atoms with Gasteiger partial charge in [0.05, 0.1) is 12.0 Å². The molecule has 0 heterocycles. The fourth-order valence-electron chi connectivity index (χ4n) is 12.1. The number of hydrogen-bond donors (Lipinski definition) is 1. The van der Waals surface area contributed by atoms with Crippen molar-refractivity contribution in [3.63, 3.8) is 0 Å². The Morgan fingerprint density at radius 3 is 2.59 bits per heavy atom. The summed E-state index contributed by atoms with van der Waals surface area (Å²) >= 11 is 0. The van der Waals surface area contributed by atoms with E-state index in [1.165, 1.54) is 63.4 Å². The Hall–Kier alpha value is -1.19. The first-order valence-electron chi connectivity index (χ1n) is 14.0. The van der Waals surface area contributed by atoms with Gasteiger partial charge in [0.2, 0.25) is 0 Å². The van der Waals surface area contributed by atoms with E-state index in [-0.39, 0.29) is 34.1 Å². The van der Waals surface area contributed by atoms with E-state index < -0.39 is 5.60 Å². The van der Waals surface area contributed by atoms with E-state index >= 15 is 0 Å². The van der Waals surface area contributed by atoms with Crippen LogP contribution < -0.4 is 0 Å². The van der Waals surface area contributed by atoms with Crippen LogP contribution in [0, 0.1) is 45.3 Å². The molecule has 3 nitrogen and oxygen atoms in total. The number of rotatable bonds is 3. The lowest BCUT2D eigenvalue weighted by Gasteiger charge is -2.57. The van der Waals surface area contributed by atoms with Crippen LogP contribution in [-0.4, -0.2) is 29.7 Å². The Morgan fingerprint density at radius 1 is 1.03 bits per heavy atom. The number of ketones is 1. The molecule has 0 aromatic heterocycles. The summed E-state index contributed by atoms with van der Waals surface area (Å²) in [7, 11) is 1.70. The van der Waals surface area contributed by atoms with Crippen LogP contribution >= 0.6 is 0 Å². The Kier molecular flexibility index (Phi) is 4.39. The van der Waals surface area contributed by atoms with Crippen molar-refractivity contribution in [2.24, 2.45) is 45.3 Å². The second-order valence-electron chi connectivity index (χ2n) is 14.0. The number of Topliss-reactive ketones (excluding diaryl/α,β-unsaturated/α-hetero) is 1. The van der Waals surface area contributed by atoms with Gasteiger partial charge < -0.3 is 9.84 Å².